The molecule has 0 saturated carbocycles. The smallest absolute Gasteiger partial charge is 0.281 e. The summed E-state index contributed by atoms with van der Waals surface area (Å²) in [6.07, 6.45) is -2.53. The van der Waals surface area contributed by atoms with Crippen LogP contribution in [0.15, 0.2) is 29.8 Å². The van der Waals surface area contributed by atoms with E-state index in [0.29, 0.717) is 11.4 Å². The first kappa shape index (κ1) is 11.2. The summed E-state index contributed by atoms with van der Waals surface area (Å²) in [5.74, 6) is 0. The molecule has 0 fully saturated rings. The Labute approximate surface area is 95.7 Å². The molecule has 1 aromatic carbocycles. The summed E-state index contributed by atoms with van der Waals surface area (Å²) in [5, 5.41) is 0. The number of nitrogens with zero attached hydrogens (tertiary/aromatic N) is 1. The minimum atomic E-state index is -2.53. The molecule has 1 aromatic heterocycles. The largest absolute Gasteiger partial charge is 0.326 e. The van der Waals surface area contributed by atoms with E-state index < -0.39 is 6.43 Å². The third-order valence-electron chi connectivity index (χ3n) is 2.25. The predicted molar refractivity (Wildman–Crippen MR) is 60.4 cm³/mol. The highest BCUT2D eigenvalue weighted by Gasteiger charge is 2.17. The number of halogens is 2. The number of alkyl halides is 2. The lowest BCUT2D eigenvalue weighted by atomic mass is 10.1. The number of aromatic nitrogens is 1. The van der Waals surface area contributed by atoms with Gasteiger partial charge in [-0.2, -0.15) is 0 Å². The Morgan fingerprint density at radius 2 is 1.94 bits per heavy atom. The number of benzene rings is 1. The van der Waals surface area contributed by atoms with E-state index in [0.717, 1.165) is 11.1 Å². The van der Waals surface area contributed by atoms with Crippen LogP contribution in [0, 0.1) is 0 Å². The zero-order chi connectivity index (χ0) is 11.5. The van der Waals surface area contributed by atoms with Crippen LogP contribution in [-0.2, 0) is 6.54 Å². The van der Waals surface area contributed by atoms with Gasteiger partial charge < -0.3 is 5.73 Å². The van der Waals surface area contributed by atoms with Crippen molar-refractivity contribution in [2.24, 2.45) is 5.73 Å². The zero-order valence-electron chi connectivity index (χ0n) is 8.36. The molecule has 0 unspecified atom stereocenters. The van der Waals surface area contributed by atoms with Crippen LogP contribution < -0.4 is 5.73 Å². The van der Waals surface area contributed by atoms with Gasteiger partial charge in [0.15, 0.2) is 0 Å². The van der Waals surface area contributed by atoms with E-state index in [2.05, 4.69) is 4.98 Å². The van der Waals surface area contributed by atoms with Crippen molar-refractivity contribution < 1.29 is 8.78 Å². The summed E-state index contributed by atoms with van der Waals surface area (Å²) in [6.45, 7) is 0.449. The second-order valence-corrected chi connectivity index (χ2v) is 4.12. The first-order valence-corrected chi connectivity index (χ1v) is 5.61. The van der Waals surface area contributed by atoms with Crippen LogP contribution in [0.1, 0.15) is 17.7 Å². The van der Waals surface area contributed by atoms with Crippen molar-refractivity contribution in [1.82, 2.24) is 4.98 Å². The van der Waals surface area contributed by atoms with Gasteiger partial charge in [-0.1, -0.05) is 24.3 Å². The van der Waals surface area contributed by atoms with Crippen molar-refractivity contribution in [2.45, 2.75) is 13.0 Å². The van der Waals surface area contributed by atoms with Gasteiger partial charge in [0.2, 0.25) is 0 Å². The van der Waals surface area contributed by atoms with E-state index >= 15 is 0 Å². The van der Waals surface area contributed by atoms with Gasteiger partial charge >= 0.3 is 0 Å². The van der Waals surface area contributed by atoms with Crippen LogP contribution in [0.4, 0.5) is 8.78 Å². The molecule has 0 saturated heterocycles. The molecule has 2 nitrogen and oxygen atoms in total. The first-order chi connectivity index (χ1) is 7.72. The number of hydrogen-bond donors (Lipinski definition) is 1. The lowest BCUT2D eigenvalue weighted by molar-refractivity contribution is 0.147. The van der Waals surface area contributed by atoms with Crippen molar-refractivity contribution in [3.05, 3.63) is 41.0 Å². The fraction of sp³-hybridized carbons (Fsp3) is 0.182. The molecule has 0 aliphatic heterocycles. The summed E-state index contributed by atoms with van der Waals surface area (Å²) in [6, 6.07) is 7.26. The second-order valence-electron chi connectivity index (χ2n) is 3.27. The second kappa shape index (κ2) is 4.67. The van der Waals surface area contributed by atoms with Crippen molar-refractivity contribution in [1.29, 1.82) is 0 Å². The van der Waals surface area contributed by atoms with E-state index in [4.69, 9.17) is 5.73 Å². The van der Waals surface area contributed by atoms with Gasteiger partial charge in [0.25, 0.3) is 6.43 Å². The molecule has 0 bridgehead atoms. The normalized spacial score (nSPS) is 11.0. The van der Waals surface area contributed by atoms with E-state index in [-0.39, 0.29) is 5.69 Å². The van der Waals surface area contributed by atoms with Crippen LogP contribution in [-0.4, -0.2) is 4.98 Å². The Morgan fingerprint density at radius 1 is 1.25 bits per heavy atom. The molecule has 2 N–H and O–H groups in total. The highest BCUT2D eigenvalue weighted by atomic mass is 32.1. The minimum Gasteiger partial charge on any atom is -0.326 e. The molecule has 0 radical (unpaired) electrons. The summed E-state index contributed by atoms with van der Waals surface area (Å²) >= 11 is 1.22. The monoisotopic (exact) mass is 240 g/mol. The molecule has 0 atom stereocenters. The predicted octanol–water partition coefficient (Wildman–Crippen LogP) is 3.21. The maximum absolute atomic E-state index is 12.6. The van der Waals surface area contributed by atoms with Gasteiger partial charge in [-0.05, 0) is 11.1 Å². The quantitative estimate of drug-likeness (QED) is 0.894. The molecule has 2 aromatic rings. The molecule has 0 amide bonds. The number of hydrogen-bond acceptors (Lipinski definition) is 3. The van der Waals surface area contributed by atoms with E-state index in [1.165, 1.54) is 16.8 Å². The molecule has 0 spiro atoms. The highest BCUT2D eigenvalue weighted by Crippen LogP contribution is 2.33. The fourth-order valence-electron chi connectivity index (χ4n) is 1.42. The third-order valence-corrected chi connectivity index (χ3v) is 3.14. The summed E-state index contributed by atoms with van der Waals surface area (Å²) in [7, 11) is 0. The standard InChI is InChI=1S/C11H10F2N2S/c12-11(13)9-10(16-6-15-9)8-3-1-7(5-14)2-4-8/h1-4,6,11H,5,14H2. The fourth-order valence-corrected chi connectivity index (χ4v) is 2.22. The molecular formula is C11H10F2N2S. The zero-order valence-corrected chi connectivity index (χ0v) is 9.18. The molecule has 0 aliphatic carbocycles. The summed E-state index contributed by atoms with van der Waals surface area (Å²) < 4.78 is 25.2. The minimum absolute atomic E-state index is 0.148. The molecule has 1 heterocycles. The van der Waals surface area contributed by atoms with Crippen LogP contribution in [0.3, 0.4) is 0 Å². The van der Waals surface area contributed by atoms with Gasteiger partial charge in [-0.3, -0.25) is 0 Å². The van der Waals surface area contributed by atoms with Gasteiger partial charge in [-0.15, -0.1) is 11.3 Å². The average Bonchev–Trinajstić information content (AvgIpc) is 2.78. The van der Waals surface area contributed by atoms with E-state index in [9.17, 15) is 8.78 Å². The van der Waals surface area contributed by atoms with Crippen LogP contribution in [0.2, 0.25) is 0 Å². The molecule has 16 heavy (non-hydrogen) atoms. The Bertz CT molecular complexity index is 465. The van der Waals surface area contributed by atoms with Gasteiger partial charge in [0, 0.05) is 6.54 Å². The average molecular weight is 240 g/mol. The van der Waals surface area contributed by atoms with Crippen LogP contribution in [0.5, 0.6) is 0 Å². The number of rotatable bonds is 3. The Morgan fingerprint density at radius 3 is 2.50 bits per heavy atom. The lowest BCUT2D eigenvalue weighted by Crippen LogP contribution is -1.95. The third kappa shape index (κ3) is 2.10. The SMILES string of the molecule is NCc1ccc(-c2scnc2C(F)F)cc1. The van der Waals surface area contributed by atoms with Crippen LogP contribution >= 0.6 is 11.3 Å². The van der Waals surface area contributed by atoms with Crippen molar-refractivity contribution in [2.75, 3.05) is 0 Å². The summed E-state index contributed by atoms with van der Waals surface area (Å²) in [4.78, 5) is 4.20. The lowest BCUT2D eigenvalue weighted by Gasteiger charge is -2.02. The number of thiazole rings is 1. The van der Waals surface area contributed by atoms with E-state index in [1.807, 2.05) is 12.1 Å². The molecule has 5 heteroatoms. The molecular weight excluding hydrogens is 230 g/mol. The summed E-state index contributed by atoms with van der Waals surface area (Å²) in [5.41, 5.74) is 8.50. The molecule has 0 aliphatic rings. The van der Waals surface area contributed by atoms with Crippen molar-refractivity contribution in [3.63, 3.8) is 0 Å². The Kier molecular flexibility index (Phi) is 3.26. The van der Waals surface area contributed by atoms with Gasteiger partial charge in [-0.25, -0.2) is 13.8 Å². The van der Waals surface area contributed by atoms with Gasteiger partial charge in [0.05, 0.1) is 10.4 Å². The topological polar surface area (TPSA) is 38.9 Å². The number of nitrogens with two attached hydrogens (primary N) is 1. The van der Waals surface area contributed by atoms with Gasteiger partial charge in [0.1, 0.15) is 5.69 Å². The maximum atomic E-state index is 12.6. The Balaban J connectivity index is 2.38. The van der Waals surface area contributed by atoms with Crippen molar-refractivity contribution in [3.8, 4) is 10.4 Å². The maximum Gasteiger partial charge on any atom is 0.281 e. The highest BCUT2D eigenvalue weighted by molar-refractivity contribution is 7.13. The Hall–Kier alpha value is -1.33. The molecule has 84 valence electrons. The molecule has 2 rings (SSSR count). The van der Waals surface area contributed by atoms with Crippen molar-refractivity contribution >= 4 is 11.3 Å². The first-order valence-electron chi connectivity index (χ1n) is 4.73. The van der Waals surface area contributed by atoms with Crippen LogP contribution in [0.25, 0.3) is 10.4 Å². The van der Waals surface area contributed by atoms with E-state index in [1.54, 1.807) is 12.1 Å².